The molecule has 148 valence electrons. The van der Waals surface area contributed by atoms with Crippen molar-refractivity contribution in [2.75, 3.05) is 49.7 Å². The Kier molecular flexibility index (Phi) is 4.87. The van der Waals surface area contributed by atoms with Gasteiger partial charge in [0.25, 0.3) is 0 Å². The number of benzene rings is 2. The Morgan fingerprint density at radius 3 is 2.24 bits per heavy atom. The first-order chi connectivity index (χ1) is 14.3. The van der Waals surface area contributed by atoms with Gasteiger partial charge >= 0.3 is 0 Å². The van der Waals surface area contributed by atoms with E-state index in [-0.39, 0.29) is 0 Å². The molecule has 0 spiro atoms. The van der Waals surface area contributed by atoms with Gasteiger partial charge < -0.3 is 14.7 Å². The molecule has 1 aromatic heterocycles. The minimum absolute atomic E-state index is 0.741. The van der Waals surface area contributed by atoms with E-state index in [1.54, 1.807) is 0 Å². The van der Waals surface area contributed by atoms with Gasteiger partial charge in [0.1, 0.15) is 5.82 Å². The highest BCUT2D eigenvalue weighted by atomic mass is 15.4. The van der Waals surface area contributed by atoms with Gasteiger partial charge in [0, 0.05) is 49.5 Å². The van der Waals surface area contributed by atoms with E-state index in [2.05, 4.69) is 75.6 Å². The highest BCUT2D eigenvalue weighted by Gasteiger charge is 2.27. The van der Waals surface area contributed by atoms with E-state index >= 15 is 0 Å². The van der Waals surface area contributed by atoms with Gasteiger partial charge in [-0.05, 0) is 19.2 Å². The standard InChI is InChI=1S/C23H26N6/c1-27-12-14-28(15-13-27)23-25-21(18-8-4-2-5-9-18)20-16-24-17-29(22(20)26-23)19-10-6-3-7-11-19/h2-11,24H,12-17H2,1H3. The average Bonchev–Trinajstić information content (AvgIpc) is 2.79. The molecule has 0 unspecified atom stereocenters. The number of hydrogen-bond acceptors (Lipinski definition) is 6. The molecular weight excluding hydrogens is 360 g/mol. The molecule has 0 atom stereocenters. The third kappa shape index (κ3) is 3.57. The molecule has 3 aromatic rings. The van der Waals surface area contributed by atoms with Gasteiger partial charge in [-0.2, -0.15) is 4.98 Å². The van der Waals surface area contributed by atoms with Crippen molar-refractivity contribution in [2.45, 2.75) is 6.54 Å². The minimum Gasteiger partial charge on any atom is -0.338 e. The summed E-state index contributed by atoms with van der Waals surface area (Å²) in [6.45, 7) is 5.48. The molecule has 6 nitrogen and oxygen atoms in total. The Labute approximate surface area is 171 Å². The lowest BCUT2D eigenvalue weighted by molar-refractivity contribution is 0.311. The number of nitrogens with one attached hydrogen (secondary N) is 1. The van der Waals surface area contributed by atoms with Crippen LogP contribution in [0, 0.1) is 0 Å². The first-order valence-corrected chi connectivity index (χ1v) is 10.2. The Balaban J connectivity index is 1.64. The van der Waals surface area contributed by atoms with Crippen molar-refractivity contribution in [2.24, 2.45) is 0 Å². The van der Waals surface area contributed by atoms with Crippen molar-refractivity contribution in [3.8, 4) is 11.3 Å². The predicted molar refractivity (Wildman–Crippen MR) is 117 cm³/mol. The normalized spacial score (nSPS) is 17.3. The SMILES string of the molecule is CN1CCN(c2nc(-c3ccccc3)c3c(n2)N(c2ccccc2)CNC3)CC1. The molecule has 0 saturated carbocycles. The number of hydrogen-bond donors (Lipinski definition) is 1. The van der Waals surface area contributed by atoms with Crippen LogP contribution < -0.4 is 15.1 Å². The van der Waals surface area contributed by atoms with Crippen molar-refractivity contribution < 1.29 is 0 Å². The first kappa shape index (κ1) is 18.1. The maximum atomic E-state index is 5.09. The lowest BCUT2D eigenvalue weighted by atomic mass is 10.0. The largest absolute Gasteiger partial charge is 0.338 e. The van der Waals surface area contributed by atoms with Gasteiger partial charge in [0.15, 0.2) is 0 Å². The summed E-state index contributed by atoms with van der Waals surface area (Å²) in [6, 6.07) is 20.9. The number of rotatable bonds is 3. The summed E-state index contributed by atoms with van der Waals surface area (Å²) in [5, 5.41) is 3.53. The molecule has 5 rings (SSSR count). The maximum Gasteiger partial charge on any atom is 0.228 e. The van der Waals surface area contributed by atoms with Crippen LogP contribution in [0.15, 0.2) is 60.7 Å². The average molecular weight is 387 g/mol. The topological polar surface area (TPSA) is 47.5 Å². The number of para-hydroxylation sites is 1. The Bertz CT molecular complexity index is 967. The Morgan fingerprint density at radius 2 is 1.52 bits per heavy atom. The van der Waals surface area contributed by atoms with E-state index in [0.717, 1.165) is 73.7 Å². The molecule has 1 N–H and O–H groups in total. The molecule has 2 aliphatic heterocycles. The third-order valence-electron chi connectivity index (χ3n) is 5.70. The van der Waals surface area contributed by atoms with Gasteiger partial charge in [0.05, 0.1) is 12.4 Å². The van der Waals surface area contributed by atoms with Gasteiger partial charge in [-0.25, -0.2) is 4.98 Å². The van der Waals surface area contributed by atoms with E-state index in [1.807, 2.05) is 12.1 Å². The van der Waals surface area contributed by atoms with Crippen LogP contribution in [0.3, 0.4) is 0 Å². The fraction of sp³-hybridized carbons (Fsp3) is 0.304. The lowest BCUT2D eigenvalue weighted by Crippen LogP contribution is -2.45. The van der Waals surface area contributed by atoms with E-state index in [1.165, 1.54) is 0 Å². The van der Waals surface area contributed by atoms with Crippen molar-refractivity contribution in [1.29, 1.82) is 0 Å². The molecule has 3 heterocycles. The Morgan fingerprint density at radius 1 is 0.828 bits per heavy atom. The van der Waals surface area contributed by atoms with Crippen LogP contribution in [0.25, 0.3) is 11.3 Å². The van der Waals surface area contributed by atoms with Gasteiger partial charge in [0.2, 0.25) is 5.95 Å². The van der Waals surface area contributed by atoms with Crippen molar-refractivity contribution in [3.63, 3.8) is 0 Å². The molecule has 0 amide bonds. The van der Waals surface area contributed by atoms with Crippen LogP contribution >= 0.6 is 0 Å². The first-order valence-electron chi connectivity index (χ1n) is 10.2. The van der Waals surface area contributed by atoms with Crippen LogP contribution in [0.5, 0.6) is 0 Å². The van der Waals surface area contributed by atoms with Crippen molar-refractivity contribution in [1.82, 2.24) is 20.2 Å². The zero-order valence-electron chi connectivity index (χ0n) is 16.8. The molecule has 2 aliphatic rings. The fourth-order valence-electron chi connectivity index (χ4n) is 4.02. The number of anilines is 3. The summed E-state index contributed by atoms with van der Waals surface area (Å²) in [4.78, 5) is 17.1. The third-order valence-corrected chi connectivity index (χ3v) is 5.70. The highest BCUT2D eigenvalue weighted by Crippen LogP contribution is 2.36. The molecule has 1 fully saturated rings. The molecule has 0 bridgehead atoms. The molecule has 29 heavy (non-hydrogen) atoms. The van der Waals surface area contributed by atoms with Crippen LogP contribution in [-0.4, -0.2) is 54.8 Å². The van der Waals surface area contributed by atoms with Crippen LogP contribution in [-0.2, 0) is 6.54 Å². The minimum atomic E-state index is 0.741. The van der Waals surface area contributed by atoms with Gasteiger partial charge in [-0.15, -0.1) is 0 Å². The number of fused-ring (bicyclic) bond motifs is 1. The second kappa shape index (κ2) is 7.81. The zero-order chi connectivity index (χ0) is 19.6. The van der Waals surface area contributed by atoms with Gasteiger partial charge in [-0.3, -0.25) is 5.32 Å². The fourth-order valence-corrected chi connectivity index (χ4v) is 4.02. The molecule has 2 aromatic carbocycles. The second-order valence-electron chi connectivity index (χ2n) is 7.68. The molecule has 0 aliphatic carbocycles. The van der Waals surface area contributed by atoms with E-state index in [4.69, 9.17) is 9.97 Å². The van der Waals surface area contributed by atoms with E-state index in [9.17, 15) is 0 Å². The molecule has 6 heteroatoms. The van der Waals surface area contributed by atoms with Crippen LogP contribution in [0.1, 0.15) is 5.56 Å². The Hall–Kier alpha value is -2.96. The summed E-state index contributed by atoms with van der Waals surface area (Å²) in [5.41, 5.74) is 4.46. The maximum absolute atomic E-state index is 5.09. The quantitative estimate of drug-likeness (QED) is 0.746. The molecule has 1 saturated heterocycles. The summed E-state index contributed by atoms with van der Waals surface area (Å²) >= 11 is 0. The van der Waals surface area contributed by atoms with Crippen molar-refractivity contribution in [3.05, 3.63) is 66.2 Å². The summed E-state index contributed by atoms with van der Waals surface area (Å²) in [5.74, 6) is 1.84. The lowest BCUT2D eigenvalue weighted by Gasteiger charge is -2.35. The number of aromatic nitrogens is 2. The number of piperazine rings is 1. The van der Waals surface area contributed by atoms with E-state index < -0.39 is 0 Å². The molecular formula is C23H26N6. The smallest absolute Gasteiger partial charge is 0.228 e. The second-order valence-corrected chi connectivity index (χ2v) is 7.68. The van der Waals surface area contributed by atoms with Crippen molar-refractivity contribution >= 4 is 17.5 Å². The monoisotopic (exact) mass is 386 g/mol. The number of nitrogens with zero attached hydrogens (tertiary/aromatic N) is 5. The zero-order valence-corrected chi connectivity index (χ0v) is 16.8. The predicted octanol–water partition coefficient (Wildman–Crippen LogP) is 3.09. The van der Waals surface area contributed by atoms with Crippen LogP contribution in [0.2, 0.25) is 0 Å². The van der Waals surface area contributed by atoms with Crippen LogP contribution in [0.4, 0.5) is 17.5 Å². The van der Waals surface area contributed by atoms with E-state index in [0.29, 0.717) is 0 Å². The number of likely N-dealkylation sites (N-methyl/N-ethyl adjacent to an activating group) is 1. The van der Waals surface area contributed by atoms with Gasteiger partial charge in [-0.1, -0.05) is 48.5 Å². The summed E-state index contributed by atoms with van der Waals surface area (Å²) in [6.07, 6.45) is 0. The molecule has 0 radical (unpaired) electrons. The highest BCUT2D eigenvalue weighted by molar-refractivity contribution is 5.75. The summed E-state index contributed by atoms with van der Waals surface area (Å²) < 4.78 is 0. The summed E-state index contributed by atoms with van der Waals surface area (Å²) in [7, 11) is 2.17.